The quantitative estimate of drug-likeness (QED) is 0.305. The van der Waals surface area contributed by atoms with Gasteiger partial charge >= 0.3 is 5.97 Å². The van der Waals surface area contributed by atoms with Gasteiger partial charge in [0.05, 0.1) is 23.4 Å². The van der Waals surface area contributed by atoms with Crippen LogP contribution in [-0.2, 0) is 27.2 Å². The summed E-state index contributed by atoms with van der Waals surface area (Å²) in [6.07, 6.45) is 5.89. The molecule has 5 rings (SSSR count). The van der Waals surface area contributed by atoms with E-state index in [1.54, 1.807) is 18.2 Å². The van der Waals surface area contributed by atoms with Crippen molar-refractivity contribution in [2.45, 2.75) is 55.5 Å². The minimum absolute atomic E-state index is 0.0166. The first-order valence-corrected chi connectivity index (χ1v) is 14.2. The van der Waals surface area contributed by atoms with Gasteiger partial charge in [0, 0.05) is 4.90 Å². The van der Waals surface area contributed by atoms with E-state index in [1.807, 2.05) is 36.4 Å². The molecule has 2 N–H and O–H groups in total. The Morgan fingerprint density at radius 1 is 0.737 bits per heavy atom. The van der Waals surface area contributed by atoms with Gasteiger partial charge in [0.1, 0.15) is 0 Å². The number of carbonyl (C=O) groups is 3. The molecule has 0 saturated heterocycles. The molecule has 2 unspecified atom stereocenters. The maximum absolute atomic E-state index is 12.8. The van der Waals surface area contributed by atoms with Crippen molar-refractivity contribution in [1.82, 2.24) is 10.6 Å². The van der Waals surface area contributed by atoms with Crippen molar-refractivity contribution in [1.29, 1.82) is 0 Å². The van der Waals surface area contributed by atoms with Crippen LogP contribution in [0.15, 0.2) is 77.7 Å². The number of ether oxygens (including phenoxy) is 1. The Hall–Kier alpha value is -3.58. The topological polar surface area (TPSA) is 84.5 Å². The predicted octanol–water partition coefficient (Wildman–Crippen LogP) is 5.32. The van der Waals surface area contributed by atoms with E-state index < -0.39 is 5.97 Å². The Balaban J connectivity index is 1.13. The number of amides is 2. The highest BCUT2D eigenvalue weighted by Gasteiger charge is 2.24. The third kappa shape index (κ3) is 6.27. The van der Waals surface area contributed by atoms with Crippen molar-refractivity contribution in [2.75, 3.05) is 12.4 Å². The van der Waals surface area contributed by atoms with Gasteiger partial charge in [0.2, 0.25) is 5.91 Å². The molecule has 2 aliphatic carbocycles. The fraction of sp³-hybridized carbons (Fsp3) is 0.323. The van der Waals surface area contributed by atoms with Crippen LogP contribution >= 0.6 is 11.8 Å². The second-order valence-corrected chi connectivity index (χ2v) is 10.8. The molecule has 0 fully saturated rings. The van der Waals surface area contributed by atoms with Crippen LogP contribution in [0.3, 0.4) is 0 Å². The zero-order valence-corrected chi connectivity index (χ0v) is 22.1. The van der Waals surface area contributed by atoms with Gasteiger partial charge in [-0.05, 0) is 72.9 Å². The van der Waals surface area contributed by atoms with Crippen molar-refractivity contribution >= 4 is 29.5 Å². The van der Waals surface area contributed by atoms with Crippen molar-refractivity contribution in [3.8, 4) is 0 Å². The molecule has 0 heterocycles. The lowest BCUT2D eigenvalue weighted by Gasteiger charge is -2.26. The van der Waals surface area contributed by atoms with Crippen molar-refractivity contribution in [2.24, 2.45) is 0 Å². The number of rotatable bonds is 8. The summed E-state index contributed by atoms with van der Waals surface area (Å²) in [7, 11) is 0. The molecule has 3 aromatic carbocycles. The summed E-state index contributed by atoms with van der Waals surface area (Å²) < 4.78 is 5.36. The van der Waals surface area contributed by atoms with Crippen LogP contribution in [0.5, 0.6) is 0 Å². The largest absolute Gasteiger partial charge is 0.452 e. The normalized spacial score (nSPS) is 18.0. The van der Waals surface area contributed by atoms with E-state index >= 15 is 0 Å². The number of nitrogens with one attached hydrogen (secondary N) is 2. The first-order chi connectivity index (χ1) is 18.6. The average molecular weight is 529 g/mol. The summed E-state index contributed by atoms with van der Waals surface area (Å²) in [6, 6.07) is 23.4. The Morgan fingerprint density at radius 3 is 1.95 bits per heavy atom. The number of aryl methyl sites for hydroxylation is 2. The number of hydrogen-bond donors (Lipinski definition) is 2. The van der Waals surface area contributed by atoms with Gasteiger partial charge in [-0.3, -0.25) is 9.59 Å². The summed E-state index contributed by atoms with van der Waals surface area (Å²) in [5.41, 5.74) is 5.22. The Bertz CT molecular complexity index is 1320. The molecule has 0 radical (unpaired) electrons. The first-order valence-electron chi connectivity index (χ1n) is 13.2. The van der Waals surface area contributed by atoms with Gasteiger partial charge in [-0.15, -0.1) is 11.8 Å². The first kappa shape index (κ1) is 26.0. The van der Waals surface area contributed by atoms with E-state index in [4.69, 9.17) is 4.74 Å². The SMILES string of the molecule is O=C(COC(=O)c1ccccc1SCC(=O)NC1CCCc2ccccc21)NC1CCCc2ccccc21. The fourth-order valence-corrected chi connectivity index (χ4v) is 6.24. The number of esters is 1. The number of fused-ring (bicyclic) bond motifs is 2. The Kier molecular flexibility index (Phi) is 8.44. The molecule has 2 aliphatic rings. The fourth-order valence-electron chi connectivity index (χ4n) is 5.39. The number of carbonyl (C=O) groups excluding carboxylic acids is 3. The van der Waals surface area contributed by atoms with E-state index in [0.29, 0.717) is 10.5 Å². The van der Waals surface area contributed by atoms with E-state index in [2.05, 4.69) is 28.8 Å². The van der Waals surface area contributed by atoms with Crippen LogP contribution in [0.2, 0.25) is 0 Å². The third-order valence-corrected chi connectivity index (χ3v) is 8.28. The highest BCUT2D eigenvalue weighted by Crippen LogP contribution is 2.31. The van der Waals surface area contributed by atoms with Crippen LogP contribution in [0.25, 0.3) is 0 Å². The van der Waals surface area contributed by atoms with E-state index in [1.165, 1.54) is 28.5 Å². The van der Waals surface area contributed by atoms with Crippen LogP contribution in [0.1, 0.15) is 70.4 Å². The number of benzene rings is 3. The molecule has 196 valence electrons. The molecule has 0 spiro atoms. The highest BCUT2D eigenvalue weighted by molar-refractivity contribution is 8.00. The van der Waals surface area contributed by atoms with Crippen LogP contribution in [0.4, 0.5) is 0 Å². The van der Waals surface area contributed by atoms with E-state index in [-0.39, 0.29) is 36.3 Å². The standard InChI is InChI=1S/C31H32N2O4S/c34-29(32-26-16-7-11-21-9-1-3-13-23(21)26)19-37-31(36)25-15-5-6-18-28(25)38-20-30(35)33-27-17-8-12-22-10-2-4-14-24(22)27/h1-6,9-10,13-15,18,26-27H,7-8,11-12,16-17,19-20H2,(H,32,34)(H,33,35). The molecule has 0 bridgehead atoms. The highest BCUT2D eigenvalue weighted by atomic mass is 32.2. The lowest BCUT2D eigenvalue weighted by molar-refractivity contribution is -0.125. The molecular weight excluding hydrogens is 496 g/mol. The summed E-state index contributed by atoms with van der Waals surface area (Å²) in [6.45, 7) is -0.349. The van der Waals surface area contributed by atoms with Gasteiger partial charge in [-0.25, -0.2) is 4.79 Å². The average Bonchev–Trinajstić information content (AvgIpc) is 2.95. The molecule has 38 heavy (non-hydrogen) atoms. The molecule has 3 aromatic rings. The molecule has 7 heteroatoms. The summed E-state index contributed by atoms with van der Waals surface area (Å²) in [4.78, 5) is 38.8. The minimum Gasteiger partial charge on any atom is -0.452 e. The molecule has 0 saturated carbocycles. The lowest BCUT2D eigenvalue weighted by Crippen LogP contribution is -2.34. The van der Waals surface area contributed by atoms with E-state index in [9.17, 15) is 14.4 Å². The number of thioether (sulfide) groups is 1. The maximum Gasteiger partial charge on any atom is 0.339 e. The van der Waals surface area contributed by atoms with Gasteiger partial charge in [0.15, 0.2) is 6.61 Å². The Morgan fingerprint density at radius 2 is 1.29 bits per heavy atom. The second-order valence-electron chi connectivity index (χ2n) is 9.78. The summed E-state index contributed by atoms with van der Waals surface area (Å²) in [5, 5.41) is 6.16. The van der Waals surface area contributed by atoms with Crippen LogP contribution in [-0.4, -0.2) is 30.1 Å². The van der Waals surface area contributed by atoms with Gasteiger partial charge < -0.3 is 15.4 Å². The zero-order valence-electron chi connectivity index (χ0n) is 21.3. The smallest absolute Gasteiger partial charge is 0.339 e. The van der Waals surface area contributed by atoms with Crippen LogP contribution in [0, 0.1) is 0 Å². The van der Waals surface area contributed by atoms with Crippen LogP contribution < -0.4 is 10.6 Å². The molecule has 2 amide bonds. The third-order valence-electron chi connectivity index (χ3n) is 7.21. The van der Waals surface area contributed by atoms with Gasteiger partial charge in [-0.2, -0.15) is 0 Å². The predicted molar refractivity (Wildman–Crippen MR) is 148 cm³/mol. The van der Waals surface area contributed by atoms with Crippen molar-refractivity contribution in [3.63, 3.8) is 0 Å². The summed E-state index contributed by atoms with van der Waals surface area (Å²) in [5.74, 6) is -0.789. The number of hydrogen-bond acceptors (Lipinski definition) is 5. The monoisotopic (exact) mass is 528 g/mol. The zero-order chi connectivity index (χ0) is 26.3. The molecule has 0 aromatic heterocycles. The van der Waals surface area contributed by atoms with Crippen molar-refractivity contribution < 1.29 is 19.1 Å². The second kappa shape index (κ2) is 12.3. The van der Waals surface area contributed by atoms with Gasteiger partial charge in [-0.1, -0.05) is 60.7 Å². The minimum atomic E-state index is -0.575. The lowest BCUT2D eigenvalue weighted by atomic mass is 9.88. The van der Waals surface area contributed by atoms with Crippen molar-refractivity contribution in [3.05, 3.63) is 101 Å². The van der Waals surface area contributed by atoms with Gasteiger partial charge in [0.25, 0.3) is 5.91 Å². The maximum atomic E-state index is 12.8. The molecule has 6 nitrogen and oxygen atoms in total. The molecular formula is C31H32N2O4S. The molecule has 2 atom stereocenters. The van der Waals surface area contributed by atoms with E-state index in [0.717, 1.165) is 44.1 Å². The summed E-state index contributed by atoms with van der Waals surface area (Å²) >= 11 is 1.29. The Labute approximate surface area is 227 Å². The molecule has 0 aliphatic heterocycles.